The smallest absolute Gasteiger partial charge is 0.0708 e. The maximum atomic E-state index is 6.04. The fourth-order valence-electron chi connectivity index (χ4n) is 3.51. The SMILES string of the molecule is Cc1cc(CN(CCCl)C2CCCC2)c2ccccc2n1. The molecule has 1 heterocycles. The Balaban J connectivity index is 1.91. The molecule has 1 aromatic heterocycles. The Hall–Kier alpha value is -1.12. The molecule has 21 heavy (non-hydrogen) atoms. The quantitative estimate of drug-likeness (QED) is 0.755. The second-order valence-electron chi connectivity index (χ2n) is 6.04. The highest BCUT2D eigenvalue weighted by molar-refractivity contribution is 6.18. The molecular formula is C18H23ClN2. The van der Waals surface area contributed by atoms with E-state index in [9.17, 15) is 0 Å². The lowest BCUT2D eigenvalue weighted by Crippen LogP contribution is -2.34. The van der Waals surface area contributed by atoms with E-state index < -0.39 is 0 Å². The molecule has 0 radical (unpaired) electrons. The molecule has 2 aromatic rings. The van der Waals surface area contributed by atoms with Gasteiger partial charge in [-0.2, -0.15) is 0 Å². The van der Waals surface area contributed by atoms with Crippen LogP contribution in [0.5, 0.6) is 0 Å². The van der Waals surface area contributed by atoms with Gasteiger partial charge < -0.3 is 0 Å². The monoisotopic (exact) mass is 302 g/mol. The Kier molecular flexibility index (Phi) is 4.77. The molecule has 1 aliphatic carbocycles. The number of halogens is 1. The zero-order valence-corrected chi connectivity index (χ0v) is 13.4. The Morgan fingerprint density at radius 2 is 2.00 bits per heavy atom. The number of para-hydroxylation sites is 1. The lowest BCUT2D eigenvalue weighted by Gasteiger charge is -2.28. The number of hydrogen-bond donors (Lipinski definition) is 0. The van der Waals surface area contributed by atoms with Crippen molar-refractivity contribution in [3.8, 4) is 0 Å². The van der Waals surface area contributed by atoms with Crippen LogP contribution in [0.3, 0.4) is 0 Å². The Bertz CT molecular complexity index is 605. The number of alkyl halides is 1. The first-order chi connectivity index (χ1) is 10.3. The lowest BCUT2D eigenvalue weighted by molar-refractivity contribution is 0.202. The molecular weight excluding hydrogens is 280 g/mol. The Morgan fingerprint density at radius 3 is 2.76 bits per heavy atom. The van der Waals surface area contributed by atoms with Crippen LogP contribution in [0.25, 0.3) is 10.9 Å². The van der Waals surface area contributed by atoms with Crippen LogP contribution in [0.4, 0.5) is 0 Å². The standard InChI is InChI=1S/C18H23ClN2/c1-14-12-15(17-8-4-5-9-18(17)20-14)13-21(11-10-19)16-6-2-3-7-16/h4-5,8-9,12,16H,2-3,6-7,10-11,13H2,1H3. The first-order valence-corrected chi connectivity index (χ1v) is 8.46. The molecule has 0 bridgehead atoms. The van der Waals surface area contributed by atoms with Crippen molar-refractivity contribution >= 4 is 22.5 Å². The van der Waals surface area contributed by atoms with Crippen LogP contribution in [0, 0.1) is 6.92 Å². The number of hydrogen-bond acceptors (Lipinski definition) is 2. The first-order valence-electron chi connectivity index (χ1n) is 7.93. The van der Waals surface area contributed by atoms with E-state index in [1.165, 1.54) is 36.6 Å². The fraction of sp³-hybridized carbons (Fsp3) is 0.500. The summed E-state index contributed by atoms with van der Waals surface area (Å²) in [6.07, 6.45) is 5.36. The van der Waals surface area contributed by atoms with Gasteiger partial charge in [0.25, 0.3) is 0 Å². The average Bonchev–Trinajstić information content (AvgIpc) is 3.00. The molecule has 0 aliphatic heterocycles. The van der Waals surface area contributed by atoms with Crippen molar-refractivity contribution in [2.24, 2.45) is 0 Å². The van der Waals surface area contributed by atoms with Gasteiger partial charge in [0.1, 0.15) is 0 Å². The molecule has 0 amide bonds. The number of aryl methyl sites for hydroxylation is 1. The summed E-state index contributed by atoms with van der Waals surface area (Å²) in [6.45, 7) is 4.04. The van der Waals surface area contributed by atoms with Gasteiger partial charge in [0.05, 0.1) is 5.52 Å². The zero-order valence-electron chi connectivity index (χ0n) is 12.7. The minimum atomic E-state index is 0.705. The minimum Gasteiger partial charge on any atom is -0.295 e. The summed E-state index contributed by atoms with van der Waals surface area (Å²) < 4.78 is 0. The van der Waals surface area contributed by atoms with Crippen LogP contribution in [-0.4, -0.2) is 28.4 Å². The topological polar surface area (TPSA) is 16.1 Å². The van der Waals surface area contributed by atoms with Crippen LogP contribution in [0.2, 0.25) is 0 Å². The number of pyridine rings is 1. The second kappa shape index (κ2) is 6.76. The van der Waals surface area contributed by atoms with Crippen LogP contribution in [0.1, 0.15) is 36.9 Å². The third kappa shape index (κ3) is 3.38. The summed E-state index contributed by atoms with van der Waals surface area (Å²) in [5.41, 5.74) is 3.58. The predicted molar refractivity (Wildman–Crippen MR) is 89.9 cm³/mol. The molecule has 0 unspecified atom stereocenters. The number of fused-ring (bicyclic) bond motifs is 1. The summed E-state index contributed by atoms with van der Waals surface area (Å²) in [5, 5.41) is 1.28. The number of nitrogens with zero attached hydrogens (tertiary/aromatic N) is 2. The molecule has 0 saturated heterocycles. The lowest BCUT2D eigenvalue weighted by atomic mass is 10.1. The van der Waals surface area contributed by atoms with Crippen molar-refractivity contribution in [3.63, 3.8) is 0 Å². The van der Waals surface area contributed by atoms with Crippen molar-refractivity contribution in [1.82, 2.24) is 9.88 Å². The molecule has 3 heteroatoms. The van der Waals surface area contributed by atoms with Gasteiger partial charge >= 0.3 is 0 Å². The van der Waals surface area contributed by atoms with Crippen molar-refractivity contribution < 1.29 is 0 Å². The van der Waals surface area contributed by atoms with Gasteiger partial charge in [0, 0.05) is 36.1 Å². The van der Waals surface area contributed by atoms with Gasteiger partial charge in [-0.25, -0.2) is 0 Å². The first kappa shape index (κ1) is 14.8. The van der Waals surface area contributed by atoms with E-state index in [1.807, 2.05) is 0 Å². The zero-order chi connectivity index (χ0) is 14.7. The van der Waals surface area contributed by atoms with Crippen molar-refractivity contribution in [2.45, 2.75) is 45.2 Å². The van der Waals surface area contributed by atoms with Crippen LogP contribution in [-0.2, 0) is 6.54 Å². The van der Waals surface area contributed by atoms with Crippen LogP contribution < -0.4 is 0 Å². The predicted octanol–water partition coefficient (Wildman–Crippen LogP) is 4.53. The van der Waals surface area contributed by atoms with E-state index in [2.05, 4.69) is 47.1 Å². The van der Waals surface area contributed by atoms with Crippen molar-refractivity contribution in [3.05, 3.63) is 41.6 Å². The molecule has 1 fully saturated rings. The molecule has 1 aliphatic rings. The largest absolute Gasteiger partial charge is 0.295 e. The molecule has 2 nitrogen and oxygen atoms in total. The van der Waals surface area contributed by atoms with E-state index in [4.69, 9.17) is 11.6 Å². The summed E-state index contributed by atoms with van der Waals surface area (Å²) in [5.74, 6) is 0.707. The van der Waals surface area contributed by atoms with E-state index in [0.29, 0.717) is 11.9 Å². The third-order valence-electron chi connectivity index (χ3n) is 4.52. The van der Waals surface area contributed by atoms with Gasteiger partial charge in [-0.1, -0.05) is 31.0 Å². The summed E-state index contributed by atoms with van der Waals surface area (Å²) in [7, 11) is 0. The highest BCUT2D eigenvalue weighted by atomic mass is 35.5. The summed E-state index contributed by atoms with van der Waals surface area (Å²) in [6, 6.07) is 11.4. The number of rotatable bonds is 5. The van der Waals surface area contributed by atoms with Crippen LogP contribution >= 0.6 is 11.6 Å². The van der Waals surface area contributed by atoms with Gasteiger partial charge in [0.2, 0.25) is 0 Å². The van der Waals surface area contributed by atoms with E-state index >= 15 is 0 Å². The molecule has 112 valence electrons. The number of benzene rings is 1. The van der Waals surface area contributed by atoms with Gasteiger partial charge in [-0.15, -0.1) is 11.6 Å². The van der Waals surface area contributed by atoms with Crippen LogP contribution in [0.15, 0.2) is 30.3 Å². The molecule has 1 saturated carbocycles. The van der Waals surface area contributed by atoms with E-state index in [1.54, 1.807) is 0 Å². The van der Waals surface area contributed by atoms with Gasteiger partial charge in [-0.3, -0.25) is 9.88 Å². The molecule has 0 atom stereocenters. The van der Waals surface area contributed by atoms with Gasteiger partial charge in [-0.05, 0) is 37.5 Å². The highest BCUT2D eigenvalue weighted by Crippen LogP contribution is 2.27. The fourth-order valence-corrected chi connectivity index (χ4v) is 3.73. The minimum absolute atomic E-state index is 0.705. The normalized spacial score (nSPS) is 16.1. The summed E-state index contributed by atoms with van der Waals surface area (Å²) in [4.78, 5) is 7.21. The van der Waals surface area contributed by atoms with E-state index in [-0.39, 0.29) is 0 Å². The molecule has 3 rings (SSSR count). The third-order valence-corrected chi connectivity index (χ3v) is 4.69. The van der Waals surface area contributed by atoms with Gasteiger partial charge in [0.15, 0.2) is 0 Å². The maximum absolute atomic E-state index is 6.04. The Morgan fingerprint density at radius 1 is 1.24 bits per heavy atom. The average molecular weight is 303 g/mol. The van der Waals surface area contributed by atoms with Crippen molar-refractivity contribution in [1.29, 1.82) is 0 Å². The summed E-state index contributed by atoms with van der Waals surface area (Å²) >= 11 is 6.04. The van der Waals surface area contributed by atoms with E-state index in [0.717, 1.165) is 24.3 Å². The highest BCUT2D eigenvalue weighted by Gasteiger charge is 2.22. The second-order valence-corrected chi connectivity index (χ2v) is 6.42. The molecule has 1 aromatic carbocycles. The Labute approximate surface area is 132 Å². The molecule has 0 spiro atoms. The maximum Gasteiger partial charge on any atom is 0.0708 e. The van der Waals surface area contributed by atoms with Crippen molar-refractivity contribution in [2.75, 3.05) is 12.4 Å². The number of aromatic nitrogens is 1. The molecule has 0 N–H and O–H groups in total.